The molecule has 144 valence electrons. The lowest BCUT2D eigenvalue weighted by Gasteiger charge is -2.27. The molecule has 26 heavy (non-hydrogen) atoms. The lowest BCUT2D eigenvalue weighted by molar-refractivity contribution is 0.0610. The third-order valence-electron chi connectivity index (χ3n) is 3.51. The molecule has 0 fully saturated rings. The summed E-state index contributed by atoms with van der Waals surface area (Å²) in [5.74, 6) is 0. The fraction of sp³-hybridized carbons (Fsp3) is 0.571. The minimum Gasteiger partial charge on any atom is -0.367 e. The minimum atomic E-state index is 0.0347. The van der Waals surface area contributed by atoms with Crippen molar-refractivity contribution in [2.24, 2.45) is 0 Å². The maximum atomic E-state index is 5.58. The van der Waals surface area contributed by atoms with E-state index < -0.39 is 0 Å². The molecular weight excluding hydrogens is 489 g/mol. The van der Waals surface area contributed by atoms with Gasteiger partial charge in [0.25, 0.3) is 0 Å². The smallest absolute Gasteiger partial charge is 0.143 e. The van der Waals surface area contributed by atoms with Gasteiger partial charge in [-0.2, -0.15) is 0 Å². The van der Waals surface area contributed by atoms with Crippen molar-refractivity contribution in [3.8, 4) is 0 Å². The van der Waals surface area contributed by atoms with Crippen LogP contribution in [0.3, 0.4) is 0 Å². The van der Waals surface area contributed by atoms with Crippen LogP contribution >= 0.6 is 94.1 Å². The van der Waals surface area contributed by atoms with Crippen molar-refractivity contribution in [1.29, 1.82) is 0 Å². The van der Waals surface area contributed by atoms with Gasteiger partial charge < -0.3 is 18.9 Å². The van der Waals surface area contributed by atoms with Crippen molar-refractivity contribution < 1.29 is 18.9 Å². The van der Waals surface area contributed by atoms with Crippen molar-refractivity contribution >= 4 is 94.1 Å². The fourth-order valence-electron chi connectivity index (χ4n) is 2.28. The van der Waals surface area contributed by atoms with Crippen LogP contribution in [0.1, 0.15) is 0 Å². The first-order chi connectivity index (χ1) is 12.7. The highest BCUT2D eigenvalue weighted by Crippen LogP contribution is 2.69. The van der Waals surface area contributed by atoms with E-state index in [0.29, 0.717) is 0 Å². The molecule has 0 N–H and O–H groups in total. The van der Waals surface area contributed by atoms with Gasteiger partial charge in [-0.05, 0) is 0 Å². The molecule has 0 bridgehead atoms. The average molecular weight is 505 g/mol. The molecule has 12 heteroatoms. The van der Waals surface area contributed by atoms with E-state index in [1.807, 2.05) is 47.0 Å². The van der Waals surface area contributed by atoms with Gasteiger partial charge in [0.2, 0.25) is 0 Å². The summed E-state index contributed by atoms with van der Waals surface area (Å²) in [6, 6.07) is 0. The molecule has 4 aliphatic rings. The summed E-state index contributed by atoms with van der Waals surface area (Å²) in [6.07, 6.45) is 0. The van der Waals surface area contributed by atoms with E-state index in [2.05, 4.69) is 0 Å². The molecule has 0 radical (unpaired) electrons. The zero-order chi connectivity index (χ0) is 18.3. The molecule has 4 heterocycles. The van der Waals surface area contributed by atoms with Crippen LogP contribution in [0.2, 0.25) is 0 Å². The van der Waals surface area contributed by atoms with Gasteiger partial charge in [-0.15, -0.1) is 0 Å². The lowest BCUT2D eigenvalue weighted by atomic mass is 10.7. The second-order valence-corrected chi connectivity index (χ2v) is 15.1. The summed E-state index contributed by atoms with van der Waals surface area (Å²) in [7, 11) is 6.98. The topological polar surface area (TPSA) is 36.9 Å². The summed E-state index contributed by atoms with van der Waals surface area (Å²) in [6.45, 7) is 0. The van der Waals surface area contributed by atoms with E-state index in [-0.39, 0.29) is 21.7 Å². The van der Waals surface area contributed by atoms with Crippen molar-refractivity contribution in [3.63, 3.8) is 0 Å². The summed E-state index contributed by atoms with van der Waals surface area (Å²) in [5.41, 5.74) is 0.139. The highest BCUT2D eigenvalue weighted by molar-refractivity contribution is 8.45. The lowest BCUT2D eigenvalue weighted by Crippen LogP contribution is -2.25. The van der Waals surface area contributed by atoms with Crippen molar-refractivity contribution in [2.75, 3.05) is 28.4 Å². The quantitative estimate of drug-likeness (QED) is 0.439. The van der Waals surface area contributed by atoms with Gasteiger partial charge in [0, 0.05) is 28.4 Å². The monoisotopic (exact) mass is 504 g/mol. The zero-order valence-corrected chi connectivity index (χ0v) is 20.7. The molecule has 4 rings (SSSR count). The predicted octanol–water partition coefficient (Wildman–Crippen LogP) is 6.18. The Bertz CT molecular complexity index is 570. The maximum absolute atomic E-state index is 5.58. The highest BCUT2D eigenvalue weighted by Gasteiger charge is 2.41. The third kappa shape index (κ3) is 4.18. The molecule has 4 nitrogen and oxygen atoms in total. The molecule has 0 aliphatic carbocycles. The number of ether oxygens (including phenoxy) is 4. The molecule has 0 spiro atoms. The van der Waals surface area contributed by atoms with E-state index in [1.165, 1.54) is 25.4 Å². The van der Waals surface area contributed by atoms with E-state index in [0.717, 1.165) is 0 Å². The van der Waals surface area contributed by atoms with Crippen molar-refractivity contribution in [3.05, 3.63) is 25.4 Å². The molecule has 4 atom stereocenters. The molecule has 4 aliphatic heterocycles. The number of hydrogen-bond donors (Lipinski definition) is 0. The molecule has 0 aromatic carbocycles. The Morgan fingerprint density at radius 3 is 0.846 bits per heavy atom. The highest BCUT2D eigenvalue weighted by atomic mass is 32.3. The number of thioether (sulfide) groups is 8. The second kappa shape index (κ2) is 9.34. The van der Waals surface area contributed by atoms with E-state index in [4.69, 9.17) is 18.9 Å². The van der Waals surface area contributed by atoms with Crippen LogP contribution < -0.4 is 0 Å². The molecule has 0 saturated heterocycles. The SMILES string of the molecule is COC1SC2=C(SC(=C3SC4=C(S3)SC(OC)C(OC)S4)S2)SC1OC. The van der Waals surface area contributed by atoms with Crippen LogP contribution in [-0.4, -0.2) is 50.2 Å². The summed E-state index contributed by atoms with van der Waals surface area (Å²) in [5, 5.41) is 0. The molecular formula is C14H16O4S8. The van der Waals surface area contributed by atoms with Crippen LogP contribution in [0.5, 0.6) is 0 Å². The Hall–Kier alpha value is 1.86. The van der Waals surface area contributed by atoms with E-state index in [1.54, 1.807) is 75.5 Å². The fourth-order valence-corrected chi connectivity index (χ4v) is 14.8. The van der Waals surface area contributed by atoms with Gasteiger partial charge in [0.15, 0.2) is 0 Å². The third-order valence-corrected chi connectivity index (χ3v) is 16.0. The Morgan fingerprint density at radius 2 is 0.654 bits per heavy atom. The molecule has 0 amide bonds. The first-order valence-corrected chi connectivity index (χ1v) is 14.2. The number of rotatable bonds is 4. The van der Waals surface area contributed by atoms with Crippen LogP contribution in [0.25, 0.3) is 0 Å². The van der Waals surface area contributed by atoms with E-state index in [9.17, 15) is 0 Å². The first kappa shape index (κ1) is 21.1. The number of hydrogen-bond acceptors (Lipinski definition) is 12. The second-order valence-electron chi connectivity index (χ2n) is 5.02. The van der Waals surface area contributed by atoms with Crippen LogP contribution in [0.15, 0.2) is 25.4 Å². The zero-order valence-electron chi connectivity index (χ0n) is 14.2. The number of methoxy groups -OCH3 is 4. The van der Waals surface area contributed by atoms with Crippen molar-refractivity contribution in [2.45, 2.75) is 21.7 Å². The maximum Gasteiger partial charge on any atom is 0.143 e. The summed E-state index contributed by atoms with van der Waals surface area (Å²) < 4.78 is 30.4. The van der Waals surface area contributed by atoms with Crippen molar-refractivity contribution in [1.82, 2.24) is 0 Å². The Kier molecular flexibility index (Phi) is 7.58. The molecule has 0 saturated carbocycles. The van der Waals surface area contributed by atoms with Gasteiger partial charge in [0.1, 0.15) is 21.7 Å². The predicted molar refractivity (Wildman–Crippen MR) is 125 cm³/mol. The Balaban J connectivity index is 1.47. The van der Waals surface area contributed by atoms with Gasteiger partial charge in [-0.3, -0.25) is 0 Å². The van der Waals surface area contributed by atoms with Gasteiger partial charge in [-0.1, -0.05) is 94.1 Å². The average Bonchev–Trinajstić information content (AvgIpc) is 3.28. The summed E-state index contributed by atoms with van der Waals surface area (Å²) in [4.78, 5) is 0. The van der Waals surface area contributed by atoms with E-state index >= 15 is 0 Å². The largest absolute Gasteiger partial charge is 0.367 e. The van der Waals surface area contributed by atoms with Gasteiger partial charge in [-0.25, -0.2) is 0 Å². The van der Waals surface area contributed by atoms with Crippen LogP contribution in [0.4, 0.5) is 0 Å². The normalized spacial score (nSPS) is 34.6. The Morgan fingerprint density at radius 1 is 0.423 bits per heavy atom. The first-order valence-electron chi connectivity index (χ1n) is 7.38. The minimum absolute atomic E-state index is 0.0347. The van der Waals surface area contributed by atoms with Crippen LogP contribution in [0, 0.1) is 0 Å². The molecule has 0 aromatic heterocycles. The Labute approximate surface area is 187 Å². The molecule has 4 unspecified atom stereocenters. The van der Waals surface area contributed by atoms with Gasteiger partial charge in [0.05, 0.1) is 25.4 Å². The summed E-state index contributed by atoms with van der Waals surface area (Å²) >= 11 is 14.5. The van der Waals surface area contributed by atoms with Gasteiger partial charge >= 0.3 is 0 Å². The molecule has 0 aromatic rings. The standard InChI is InChI=1S/C14H16O4S8/c1-15-5-6(16-2)20-10-9(19-5)23-13(24-10)14-25-11-12(26-14)22-8(18-4)7(17-3)21-11/h5-8H,1-4H3. The van der Waals surface area contributed by atoms with Crippen LogP contribution in [-0.2, 0) is 18.9 Å².